The standard InChI is InChI=1S/C12H18ClFN2O2S/c1-4-15-7-9-5-10(6-11(14)12(9)13)19(17,18)16-8(2)3/h5-6,8,15-16H,4,7H2,1-3H3. The van der Waals surface area contributed by atoms with Crippen molar-refractivity contribution in [3.8, 4) is 0 Å². The Balaban J connectivity index is 3.19. The average Bonchev–Trinajstić information content (AvgIpc) is 2.29. The SMILES string of the molecule is CCNCc1cc(S(=O)(=O)NC(C)C)cc(F)c1Cl. The van der Waals surface area contributed by atoms with E-state index < -0.39 is 15.8 Å². The number of nitrogens with one attached hydrogen (secondary N) is 2. The van der Waals surface area contributed by atoms with Gasteiger partial charge in [0.1, 0.15) is 5.82 Å². The number of hydrogen-bond donors (Lipinski definition) is 2. The third kappa shape index (κ3) is 4.42. The normalized spacial score (nSPS) is 12.1. The van der Waals surface area contributed by atoms with Gasteiger partial charge in [0.15, 0.2) is 0 Å². The van der Waals surface area contributed by atoms with Crippen molar-refractivity contribution in [2.45, 2.75) is 38.3 Å². The topological polar surface area (TPSA) is 58.2 Å². The maximum absolute atomic E-state index is 13.7. The van der Waals surface area contributed by atoms with E-state index in [1.54, 1.807) is 13.8 Å². The van der Waals surface area contributed by atoms with Crippen LogP contribution in [0.4, 0.5) is 4.39 Å². The Morgan fingerprint density at radius 1 is 1.37 bits per heavy atom. The van der Waals surface area contributed by atoms with E-state index in [1.165, 1.54) is 6.07 Å². The van der Waals surface area contributed by atoms with Crippen molar-refractivity contribution in [1.29, 1.82) is 0 Å². The monoisotopic (exact) mass is 308 g/mol. The van der Waals surface area contributed by atoms with E-state index in [0.29, 0.717) is 18.7 Å². The molecule has 1 rings (SSSR count). The number of halogens is 2. The van der Waals surface area contributed by atoms with E-state index in [9.17, 15) is 12.8 Å². The summed E-state index contributed by atoms with van der Waals surface area (Å²) >= 11 is 5.83. The Kier molecular flexibility index (Phi) is 5.73. The van der Waals surface area contributed by atoms with Crippen LogP contribution in [0.25, 0.3) is 0 Å². The van der Waals surface area contributed by atoms with E-state index in [0.717, 1.165) is 6.07 Å². The maximum Gasteiger partial charge on any atom is 0.240 e. The van der Waals surface area contributed by atoms with E-state index in [1.807, 2.05) is 6.92 Å². The molecule has 0 heterocycles. The molecule has 0 radical (unpaired) electrons. The third-order valence-corrected chi connectivity index (χ3v) is 4.40. The minimum absolute atomic E-state index is 0.0514. The first kappa shape index (κ1) is 16.4. The van der Waals surface area contributed by atoms with E-state index in [2.05, 4.69) is 10.0 Å². The Morgan fingerprint density at radius 2 is 2.00 bits per heavy atom. The number of benzene rings is 1. The largest absolute Gasteiger partial charge is 0.313 e. The molecular weight excluding hydrogens is 291 g/mol. The Bertz CT molecular complexity index is 547. The van der Waals surface area contributed by atoms with Gasteiger partial charge in [-0.05, 0) is 38.1 Å². The smallest absolute Gasteiger partial charge is 0.240 e. The predicted molar refractivity (Wildman–Crippen MR) is 74.2 cm³/mol. The Hall–Kier alpha value is -0.690. The summed E-state index contributed by atoms with van der Waals surface area (Å²) in [6, 6.07) is 2.06. The second-order valence-corrected chi connectivity index (χ2v) is 6.53. The minimum Gasteiger partial charge on any atom is -0.313 e. The zero-order valence-corrected chi connectivity index (χ0v) is 12.7. The molecule has 0 saturated heterocycles. The average molecular weight is 309 g/mol. The summed E-state index contributed by atoms with van der Waals surface area (Å²) in [6.45, 7) is 6.29. The Morgan fingerprint density at radius 3 is 2.53 bits per heavy atom. The third-order valence-electron chi connectivity index (χ3n) is 2.34. The zero-order chi connectivity index (χ0) is 14.6. The van der Waals surface area contributed by atoms with Crippen molar-refractivity contribution in [2.75, 3.05) is 6.54 Å². The number of sulfonamides is 1. The van der Waals surface area contributed by atoms with Crippen molar-refractivity contribution >= 4 is 21.6 Å². The molecule has 0 saturated carbocycles. The van der Waals surface area contributed by atoms with Gasteiger partial charge < -0.3 is 5.32 Å². The van der Waals surface area contributed by atoms with Crippen LogP contribution < -0.4 is 10.0 Å². The van der Waals surface area contributed by atoms with Crippen LogP contribution >= 0.6 is 11.6 Å². The van der Waals surface area contributed by atoms with Gasteiger partial charge in [0, 0.05) is 12.6 Å². The summed E-state index contributed by atoms with van der Waals surface area (Å²) in [5, 5.41) is 2.93. The zero-order valence-electron chi connectivity index (χ0n) is 11.1. The first-order valence-corrected chi connectivity index (χ1v) is 7.85. The highest BCUT2D eigenvalue weighted by Gasteiger charge is 2.19. The van der Waals surface area contributed by atoms with Crippen molar-refractivity contribution in [3.63, 3.8) is 0 Å². The highest BCUT2D eigenvalue weighted by Crippen LogP contribution is 2.24. The van der Waals surface area contributed by atoms with Crippen LogP contribution in [-0.4, -0.2) is 21.0 Å². The van der Waals surface area contributed by atoms with Crippen LogP contribution in [0.5, 0.6) is 0 Å². The molecule has 0 aliphatic rings. The minimum atomic E-state index is -3.72. The molecule has 108 valence electrons. The van der Waals surface area contributed by atoms with Gasteiger partial charge in [-0.2, -0.15) is 0 Å². The summed E-state index contributed by atoms with van der Waals surface area (Å²) in [6.07, 6.45) is 0. The van der Waals surface area contributed by atoms with Gasteiger partial charge >= 0.3 is 0 Å². The first-order valence-electron chi connectivity index (χ1n) is 5.99. The van der Waals surface area contributed by atoms with Crippen LogP contribution in [0.3, 0.4) is 0 Å². The molecule has 0 aliphatic heterocycles. The lowest BCUT2D eigenvalue weighted by Gasteiger charge is -2.12. The van der Waals surface area contributed by atoms with Gasteiger partial charge in [0.05, 0.1) is 9.92 Å². The van der Waals surface area contributed by atoms with Gasteiger partial charge in [-0.1, -0.05) is 18.5 Å². The maximum atomic E-state index is 13.7. The fourth-order valence-corrected chi connectivity index (χ4v) is 3.03. The molecular formula is C12H18ClFN2O2S. The van der Waals surface area contributed by atoms with E-state index in [4.69, 9.17) is 11.6 Å². The second kappa shape index (κ2) is 6.65. The summed E-state index contributed by atoms with van der Waals surface area (Å²) in [5.74, 6) is -0.735. The molecule has 0 spiro atoms. The molecule has 7 heteroatoms. The summed E-state index contributed by atoms with van der Waals surface area (Å²) in [5.41, 5.74) is 0.424. The number of hydrogen-bond acceptors (Lipinski definition) is 3. The molecule has 19 heavy (non-hydrogen) atoms. The van der Waals surface area contributed by atoms with E-state index >= 15 is 0 Å². The summed E-state index contributed by atoms with van der Waals surface area (Å²) in [4.78, 5) is -0.115. The quantitative estimate of drug-likeness (QED) is 0.847. The molecule has 0 unspecified atom stereocenters. The molecule has 1 aromatic rings. The highest BCUT2D eigenvalue weighted by atomic mass is 35.5. The fraction of sp³-hybridized carbons (Fsp3) is 0.500. The van der Waals surface area contributed by atoms with Crippen molar-refractivity contribution in [2.24, 2.45) is 0 Å². The lowest BCUT2D eigenvalue weighted by atomic mass is 10.2. The summed E-state index contributed by atoms with van der Waals surface area (Å²) < 4.78 is 40.1. The molecule has 4 nitrogen and oxygen atoms in total. The predicted octanol–water partition coefficient (Wildman–Crippen LogP) is 2.28. The van der Waals surface area contributed by atoms with E-state index in [-0.39, 0.29) is 16.0 Å². The van der Waals surface area contributed by atoms with Gasteiger partial charge in [-0.3, -0.25) is 0 Å². The highest BCUT2D eigenvalue weighted by molar-refractivity contribution is 7.89. The fourth-order valence-electron chi connectivity index (χ4n) is 1.54. The van der Waals surface area contributed by atoms with Crippen LogP contribution in [0, 0.1) is 5.82 Å². The van der Waals surface area contributed by atoms with Crippen LogP contribution in [-0.2, 0) is 16.6 Å². The lowest BCUT2D eigenvalue weighted by Crippen LogP contribution is -2.30. The van der Waals surface area contributed by atoms with Crippen molar-refractivity contribution < 1.29 is 12.8 Å². The molecule has 0 bridgehead atoms. The molecule has 2 N–H and O–H groups in total. The molecule has 0 amide bonds. The second-order valence-electron chi connectivity index (χ2n) is 4.43. The molecule has 0 atom stereocenters. The van der Waals surface area contributed by atoms with Gasteiger partial charge in [0.25, 0.3) is 0 Å². The molecule has 0 aromatic heterocycles. The van der Waals surface area contributed by atoms with Crippen LogP contribution in [0.2, 0.25) is 5.02 Å². The lowest BCUT2D eigenvalue weighted by molar-refractivity contribution is 0.566. The van der Waals surface area contributed by atoms with Crippen molar-refractivity contribution in [1.82, 2.24) is 10.0 Å². The van der Waals surface area contributed by atoms with Crippen LogP contribution in [0.15, 0.2) is 17.0 Å². The molecule has 0 fully saturated rings. The van der Waals surface area contributed by atoms with Gasteiger partial charge in [0.2, 0.25) is 10.0 Å². The molecule has 1 aromatic carbocycles. The van der Waals surface area contributed by atoms with Gasteiger partial charge in [-0.15, -0.1) is 0 Å². The summed E-state index contributed by atoms with van der Waals surface area (Å²) in [7, 11) is -3.72. The molecule has 0 aliphatic carbocycles. The van der Waals surface area contributed by atoms with Crippen molar-refractivity contribution in [3.05, 3.63) is 28.5 Å². The van der Waals surface area contributed by atoms with Crippen LogP contribution in [0.1, 0.15) is 26.3 Å². The van der Waals surface area contributed by atoms with Gasteiger partial charge in [-0.25, -0.2) is 17.5 Å². The Labute approximate surface area is 118 Å². The number of rotatable bonds is 6. The first-order chi connectivity index (χ1) is 8.77.